The van der Waals surface area contributed by atoms with Crippen LogP contribution in [-0.4, -0.2) is 44.5 Å². The Morgan fingerprint density at radius 3 is 2.32 bits per heavy atom. The number of hydrogen-bond donors (Lipinski definition) is 0. The van der Waals surface area contributed by atoms with Crippen LogP contribution < -0.4 is 18.9 Å². The maximum absolute atomic E-state index is 6.36. The smallest absolute Gasteiger partial charge is 0.253 e. The summed E-state index contributed by atoms with van der Waals surface area (Å²) in [6.07, 6.45) is 3.88. The summed E-state index contributed by atoms with van der Waals surface area (Å²) in [5.74, 6) is 2.75. The van der Waals surface area contributed by atoms with E-state index in [9.17, 15) is 0 Å². The Morgan fingerprint density at radius 1 is 0.929 bits per heavy atom. The number of para-hydroxylation sites is 2. The lowest BCUT2D eigenvalue weighted by atomic mass is 9.64. The second-order valence-electron chi connectivity index (χ2n) is 8.24. The topological polar surface area (TPSA) is 40.2 Å². The Morgan fingerprint density at radius 2 is 1.64 bits per heavy atom. The third kappa shape index (κ3) is 2.49. The molecule has 1 saturated carbocycles. The SMILES string of the molecule is COc1ccc([C@]23CCN(C)[C@H]2CC2(CC3)Oc3ccccc3O2)cc1OC. The molecule has 1 saturated heterocycles. The molecule has 3 aliphatic rings. The van der Waals surface area contributed by atoms with Crippen molar-refractivity contribution >= 4 is 0 Å². The Bertz CT molecular complexity index is 873. The van der Waals surface area contributed by atoms with Gasteiger partial charge in [0.05, 0.1) is 14.2 Å². The summed E-state index contributed by atoms with van der Waals surface area (Å²) < 4.78 is 23.8. The molecule has 1 spiro atoms. The first-order chi connectivity index (χ1) is 13.6. The van der Waals surface area contributed by atoms with E-state index in [2.05, 4.69) is 24.1 Å². The maximum Gasteiger partial charge on any atom is 0.253 e. The number of hydrogen-bond acceptors (Lipinski definition) is 5. The lowest BCUT2D eigenvalue weighted by Gasteiger charge is -2.47. The molecule has 2 atom stereocenters. The average molecular weight is 381 g/mol. The van der Waals surface area contributed by atoms with E-state index >= 15 is 0 Å². The van der Waals surface area contributed by atoms with Crippen molar-refractivity contribution in [1.29, 1.82) is 0 Å². The van der Waals surface area contributed by atoms with Crippen LogP contribution in [0.1, 0.15) is 31.2 Å². The van der Waals surface area contributed by atoms with E-state index in [1.165, 1.54) is 5.56 Å². The van der Waals surface area contributed by atoms with Crippen molar-refractivity contribution in [3.8, 4) is 23.0 Å². The predicted octanol–water partition coefficient (Wildman–Crippen LogP) is 4.00. The lowest BCUT2D eigenvalue weighted by Crippen LogP contribution is -2.55. The van der Waals surface area contributed by atoms with Gasteiger partial charge in [-0.25, -0.2) is 0 Å². The fourth-order valence-corrected chi connectivity index (χ4v) is 5.43. The molecule has 5 rings (SSSR count). The molecule has 2 aromatic carbocycles. The number of rotatable bonds is 3. The first-order valence-corrected chi connectivity index (χ1v) is 9.99. The van der Waals surface area contributed by atoms with Crippen molar-refractivity contribution < 1.29 is 18.9 Å². The monoisotopic (exact) mass is 381 g/mol. The highest BCUT2D eigenvalue weighted by molar-refractivity contribution is 5.47. The van der Waals surface area contributed by atoms with E-state index in [1.54, 1.807) is 14.2 Å². The molecule has 2 aromatic rings. The number of fused-ring (bicyclic) bond motifs is 2. The van der Waals surface area contributed by atoms with E-state index in [1.807, 2.05) is 30.3 Å². The van der Waals surface area contributed by atoms with E-state index in [0.29, 0.717) is 6.04 Å². The van der Waals surface area contributed by atoms with Crippen LogP contribution >= 0.6 is 0 Å². The quantitative estimate of drug-likeness (QED) is 0.804. The molecule has 1 aliphatic carbocycles. The molecule has 0 radical (unpaired) electrons. The van der Waals surface area contributed by atoms with E-state index in [0.717, 1.165) is 55.2 Å². The van der Waals surface area contributed by atoms with Gasteiger partial charge in [0.1, 0.15) is 0 Å². The summed E-state index contributed by atoms with van der Waals surface area (Å²) >= 11 is 0. The van der Waals surface area contributed by atoms with Gasteiger partial charge in [-0.1, -0.05) is 18.2 Å². The van der Waals surface area contributed by atoms with Gasteiger partial charge >= 0.3 is 0 Å². The number of likely N-dealkylation sites (N-methyl/N-ethyl adjacent to an activating group) is 1. The first-order valence-electron chi connectivity index (χ1n) is 9.99. The molecule has 0 unspecified atom stereocenters. The van der Waals surface area contributed by atoms with E-state index in [4.69, 9.17) is 18.9 Å². The molecule has 5 nitrogen and oxygen atoms in total. The Balaban J connectivity index is 1.49. The second kappa shape index (κ2) is 6.31. The zero-order valence-electron chi connectivity index (χ0n) is 16.7. The molecule has 5 heteroatoms. The van der Waals surface area contributed by atoms with Crippen molar-refractivity contribution in [2.45, 2.75) is 42.9 Å². The molecule has 0 aromatic heterocycles. The van der Waals surface area contributed by atoms with Gasteiger partial charge in [0, 0.05) is 24.3 Å². The summed E-state index contributed by atoms with van der Waals surface area (Å²) in [7, 11) is 5.60. The first kappa shape index (κ1) is 17.7. The number of ether oxygens (including phenoxy) is 4. The van der Waals surface area contributed by atoms with Gasteiger partial charge in [-0.05, 0) is 56.3 Å². The number of nitrogens with zero attached hydrogens (tertiary/aromatic N) is 1. The van der Waals surface area contributed by atoms with Crippen LogP contribution in [0.2, 0.25) is 0 Å². The molecular formula is C23H27NO4. The predicted molar refractivity (Wildman–Crippen MR) is 107 cm³/mol. The highest BCUT2D eigenvalue weighted by Gasteiger charge is 2.58. The van der Waals surface area contributed by atoms with E-state index < -0.39 is 5.79 Å². The molecule has 2 fully saturated rings. The highest BCUT2D eigenvalue weighted by Crippen LogP contribution is 2.55. The number of methoxy groups -OCH3 is 2. The largest absolute Gasteiger partial charge is 0.493 e. The molecule has 0 N–H and O–H groups in total. The summed E-state index contributed by atoms with van der Waals surface area (Å²) in [5, 5.41) is 0. The van der Waals surface area contributed by atoms with Crippen LogP contribution in [0.15, 0.2) is 42.5 Å². The molecule has 148 valence electrons. The standard InChI is InChI=1S/C23H27NO4/c1-24-13-12-22(16-8-9-17(25-2)20(14-16)26-3)10-11-23(15-21(22)24)27-18-6-4-5-7-19(18)28-23/h4-9,14,21H,10-13,15H2,1-3H3/t21-,22-/m0/s1. The van der Waals surface area contributed by atoms with Crippen molar-refractivity contribution in [2.24, 2.45) is 0 Å². The average Bonchev–Trinajstić information content (AvgIpc) is 3.26. The van der Waals surface area contributed by atoms with Crippen molar-refractivity contribution in [3.05, 3.63) is 48.0 Å². The molecule has 2 aliphatic heterocycles. The summed E-state index contributed by atoms with van der Waals surface area (Å²) in [6.45, 7) is 1.07. The van der Waals surface area contributed by atoms with Crippen molar-refractivity contribution in [2.75, 3.05) is 27.8 Å². The zero-order valence-corrected chi connectivity index (χ0v) is 16.7. The second-order valence-corrected chi connectivity index (χ2v) is 8.24. The van der Waals surface area contributed by atoms with Gasteiger partial charge in [0.15, 0.2) is 23.0 Å². The van der Waals surface area contributed by atoms with Crippen molar-refractivity contribution in [3.63, 3.8) is 0 Å². The van der Waals surface area contributed by atoms with Crippen LogP contribution in [0.25, 0.3) is 0 Å². The van der Waals surface area contributed by atoms with Crippen molar-refractivity contribution in [1.82, 2.24) is 4.90 Å². The molecule has 2 heterocycles. The normalized spacial score (nSPS) is 27.6. The van der Waals surface area contributed by atoms with Gasteiger partial charge in [-0.2, -0.15) is 0 Å². The fourth-order valence-electron chi connectivity index (χ4n) is 5.43. The van der Waals surface area contributed by atoms with Gasteiger partial charge in [0.25, 0.3) is 5.79 Å². The van der Waals surface area contributed by atoms with Gasteiger partial charge in [-0.15, -0.1) is 0 Å². The summed E-state index contributed by atoms with van der Waals surface area (Å²) in [6, 6.07) is 14.7. The third-order valence-electron chi connectivity index (χ3n) is 6.94. The lowest BCUT2D eigenvalue weighted by molar-refractivity contribution is -0.131. The molecule has 28 heavy (non-hydrogen) atoms. The van der Waals surface area contributed by atoms with Gasteiger partial charge in [-0.3, -0.25) is 0 Å². The van der Waals surface area contributed by atoms with Crippen LogP contribution in [0.5, 0.6) is 23.0 Å². The maximum atomic E-state index is 6.36. The zero-order chi connectivity index (χ0) is 19.4. The fraction of sp³-hybridized carbons (Fsp3) is 0.478. The minimum atomic E-state index is -0.549. The highest BCUT2D eigenvalue weighted by atomic mass is 16.7. The molecule has 0 amide bonds. The van der Waals surface area contributed by atoms with Crippen LogP contribution in [0, 0.1) is 0 Å². The Labute approximate surface area is 166 Å². The van der Waals surface area contributed by atoms with Crippen LogP contribution in [0.3, 0.4) is 0 Å². The molecular weight excluding hydrogens is 354 g/mol. The Kier molecular flexibility index (Phi) is 3.98. The van der Waals surface area contributed by atoms with Gasteiger partial charge < -0.3 is 23.8 Å². The van der Waals surface area contributed by atoms with Crippen LogP contribution in [0.4, 0.5) is 0 Å². The molecule has 0 bridgehead atoms. The third-order valence-corrected chi connectivity index (χ3v) is 6.94. The number of benzene rings is 2. The van der Waals surface area contributed by atoms with Crippen LogP contribution in [-0.2, 0) is 5.41 Å². The summed E-state index contributed by atoms with van der Waals surface area (Å²) in [4.78, 5) is 2.47. The minimum Gasteiger partial charge on any atom is -0.493 e. The summed E-state index contributed by atoms with van der Waals surface area (Å²) in [5.41, 5.74) is 1.41. The Hall–Kier alpha value is -2.40. The van der Waals surface area contributed by atoms with Gasteiger partial charge in [0.2, 0.25) is 0 Å². The minimum absolute atomic E-state index is 0.0844. The number of likely N-dealkylation sites (tertiary alicyclic amines) is 1. The van der Waals surface area contributed by atoms with E-state index in [-0.39, 0.29) is 5.41 Å².